The van der Waals surface area contributed by atoms with Crippen LogP contribution in [0.15, 0.2) is 24.3 Å². The Labute approximate surface area is 118 Å². The molecule has 20 heavy (non-hydrogen) atoms. The number of benzene rings is 1. The highest BCUT2D eigenvalue weighted by Gasteiger charge is 2.28. The third kappa shape index (κ3) is 3.00. The largest absolute Gasteiger partial charge is 0.469 e. The zero-order valence-corrected chi connectivity index (χ0v) is 11.5. The highest BCUT2D eigenvalue weighted by Crippen LogP contribution is 2.20. The molecule has 1 saturated heterocycles. The summed E-state index contributed by atoms with van der Waals surface area (Å²) in [6, 6.07) is 7.00. The van der Waals surface area contributed by atoms with Crippen LogP contribution in [0.1, 0.15) is 28.8 Å². The summed E-state index contributed by atoms with van der Waals surface area (Å²) >= 11 is 0. The zero-order valence-electron chi connectivity index (χ0n) is 11.5. The zero-order chi connectivity index (χ0) is 14.5. The highest BCUT2D eigenvalue weighted by atomic mass is 16.5. The molecular weight excluding hydrogens is 254 g/mol. The number of terminal acetylenes is 1. The number of hydrogen-bond donors (Lipinski definition) is 0. The molecule has 104 valence electrons. The van der Waals surface area contributed by atoms with Gasteiger partial charge in [0.15, 0.2) is 0 Å². The van der Waals surface area contributed by atoms with Gasteiger partial charge in [0.2, 0.25) is 0 Å². The fraction of sp³-hybridized carbons (Fsp3) is 0.375. The Bertz CT molecular complexity index is 534. The van der Waals surface area contributed by atoms with E-state index < -0.39 is 0 Å². The number of esters is 1. The molecule has 0 radical (unpaired) electrons. The lowest BCUT2D eigenvalue weighted by molar-refractivity contribution is -0.146. The van der Waals surface area contributed by atoms with Gasteiger partial charge in [0.05, 0.1) is 13.0 Å². The summed E-state index contributed by atoms with van der Waals surface area (Å²) in [7, 11) is 1.40. The second-order valence-corrected chi connectivity index (χ2v) is 4.81. The minimum atomic E-state index is -0.185. The van der Waals surface area contributed by atoms with E-state index in [1.54, 1.807) is 29.2 Å². The van der Waals surface area contributed by atoms with Crippen LogP contribution in [0.4, 0.5) is 0 Å². The molecule has 0 aromatic heterocycles. The van der Waals surface area contributed by atoms with Crippen molar-refractivity contribution in [2.45, 2.75) is 12.8 Å². The van der Waals surface area contributed by atoms with Crippen LogP contribution in [0.3, 0.4) is 0 Å². The summed E-state index contributed by atoms with van der Waals surface area (Å²) in [6.07, 6.45) is 6.59. The topological polar surface area (TPSA) is 46.6 Å². The first-order valence-electron chi connectivity index (χ1n) is 6.59. The maximum Gasteiger partial charge on any atom is 0.308 e. The lowest BCUT2D eigenvalue weighted by atomic mass is 9.96. The number of nitrogens with zero attached hydrogens (tertiary/aromatic N) is 1. The summed E-state index contributed by atoms with van der Waals surface area (Å²) in [5.74, 6) is 2.23. The molecule has 0 bridgehead atoms. The molecule has 1 heterocycles. The Hall–Kier alpha value is -2.28. The molecule has 1 fully saturated rings. The maximum absolute atomic E-state index is 12.3. The third-order valence-electron chi connectivity index (χ3n) is 3.62. The number of ether oxygens (including phenoxy) is 1. The summed E-state index contributed by atoms with van der Waals surface area (Å²) in [4.78, 5) is 25.5. The monoisotopic (exact) mass is 271 g/mol. The third-order valence-corrected chi connectivity index (χ3v) is 3.62. The van der Waals surface area contributed by atoms with Crippen molar-refractivity contribution in [3.8, 4) is 12.3 Å². The van der Waals surface area contributed by atoms with Gasteiger partial charge in [0, 0.05) is 24.2 Å². The summed E-state index contributed by atoms with van der Waals surface area (Å²) in [6.45, 7) is 1.16. The van der Waals surface area contributed by atoms with E-state index in [2.05, 4.69) is 5.92 Å². The Morgan fingerprint density at radius 3 is 2.35 bits per heavy atom. The first-order chi connectivity index (χ1) is 9.65. The molecule has 1 aromatic rings. The normalized spacial score (nSPS) is 15.5. The molecule has 0 N–H and O–H groups in total. The number of likely N-dealkylation sites (tertiary alicyclic amines) is 1. The fourth-order valence-electron chi connectivity index (χ4n) is 2.38. The van der Waals surface area contributed by atoms with Crippen molar-refractivity contribution in [2.24, 2.45) is 5.92 Å². The highest BCUT2D eigenvalue weighted by molar-refractivity contribution is 5.94. The summed E-state index contributed by atoms with van der Waals surface area (Å²) in [5, 5.41) is 0. The Morgan fingerprint density at radius 2 is 1.85 bits per heavy atom. The molecule has 1 amide bonds. The van der Waals surface area contributed by atoms with Crippen molar-refractivity contribution < 1.29 is 14.3 Å². The van der Waals surface area contributed by atoms with Gasteiger partial charge in [-0.2, -0.15) is 0 Å². The molecule has 1 aromatic carbocycles. The number of rotatable bonds is 2. The molecular formula is C16H17NO3. The van der Waals surface area contributed by atoms with Gasteiger partial charge in [-0.15, -0.1) is 6.42 Å². The van der Waals surface area contributed by atoms with Crippen LogP contribution in [0.5, 0.6) is 0 Å². The second kappa shape index (κ2) is 6.25. The molecule has 0 aliphatic carbocycles. The van der Waals surface area contributed by atoms with E-state index in [1.165, 1.54) is 7.11 Å². The number of carbonyl (C=O) groups is 2. The van der Waals surface area contributed by atoms with E-state index in [-0.39, 0.29) is 17.8 Å². The van der Waals surface area contributed by atoms with E-state index in [0.717, 1.165) is 5.56 Å². The van der Waals surface area contributed by atoms with Gasteiger partial charge in [-0.05, 0) is 37.1 Å². The quantitative estimate of drug-likeness (QED) is 0.607. The molecule has 0 unspecified atom stereocenters. The second-order valence-electron chi connectivity index (χ2n) is 4.81. The predicted molar refractivity (Wildman–Crippen MR) is 75.0 cm³/mol. The van der Waals surface area contributed by atoms with Crippen LogP contribution in [-0.2, 0) is 9.53 Å². The van der Waals surface area contributed by atoms with Crippen LogP contribution < -0.4 is 0 Å². The minimum absolute atomic E-state index is 0.0168. The van der Waals surface area contributed by atoms with Crippen LogP contribution in [-0.4, -0.2) is 37.0 Å². The molecule has 1 aliphatic rings. The maximum atomic E-state index is 12.3. The lowest BCUT2D eigenvalue weighted by Gasteiger charge is -2.30. The van der Waals surface area contributed by atoms with Crippen LogP contribution in [0, 0.1) is 18.3 Å². The van der Waals surface area contributed by atoms with Gasteiger partial charge in [-0.25, -0.2) is 0 Å². The van der Waals surface area contributed by atoms with Gasteiger partial charge in [-0.1, -0.05) is 5.92 Å². The van der Waals surface area contributed by atoms with Crippen molar-refractivity contribution in [2.75, 3.05) is 20.2 Å². The predicted octanol–water partition coefficient (Wildman–Crippen LogP) is 1.69. The van der Waals surface area contributed by atoms with Gasteiger partial charge in [0.25, 0.3) is 5.91 Å². The minimum Gasteiger partial charge on any atom is -0.469 e. The Morgan fingerprint density at radius 1 is 1.25 bits per heavy atom. The van der Waals surface area contributed by atoms with Gasteiger partial charge in [0.1, 0.15) is 0 Å². The molecule has 4 heteroatoms. The van der Waals surface area contributed by atoms with E-state index in [4.69, 9.17) is 11.2 Å². The van der Waals surface area contributed by atoms with Gasteiger partial charge >= 0.3 is 5.97 Å². The van der Waals surface area contributed by atoms with Crippen LogP contribution >= 0.6 is 0 Å². The Balaban J connectivity index is 1.97. The average Bonchev–Trinajstić information content (AvgIpc) is 2.53. The first-order valence-corrected chi connectivity index (χ1v) is 6.59. The Kier molecular flexibility index (Phi) is 4.41. The summed E-state index contributed by atoms with van der Waals surface area (Å²) < 4.78 is 4.73. The number of amides is 1. The number of piperidine rings is 1. The van der Waals surface area contributed by atoms with Gasteiger partial charge in [-0.3, -0.25) is 9.59 Å². The number of hydrogen-bond acceptors (Lipinski definition) is 3. The van der Waals surface area contributed by atoms with Crippen molar-refractivity contribution >= 4 is 11.9 Å². The van der Waals surface area contributed by atoms with Crippen LogP contribution in [0.2, 0.25) is 0 Å². The first kappa shape index (κ1) is 14.1. The summed E-state index contributed by atoms with van der Waals surface area (Å²) in [5.41, 5.74) is 1.38. The van der Waals surface area contributed by atoms with Crippen molar-refractivity contribution in [1.82, 2.24) is 4.90 Å². The van der Waals surface area contributed by atoms with E-state index >= 15 is 0 Å². The van der Waals surface area contributed by atoms with E-state index in [1.807, 2.05) is 0 Å². The smallest absolute Gasteiger partial charge is 0.308 e. The van der Waals surface area contributed by atoms with Crippen LogP contribution in [0.25, 0.3) is 0 Å². The SMILES string of the molecule is C#Cc1ccc(C(=O)N2CCC(C(=O)OC)CC2)cc1. The molecule has 0 atom stereocenters. The molecule has 4 nitrogen and oxygen atoms in total. The number of methoxy groups -OCH3 is 1. The lowest BCUT2D eigenvalue weighted by Crippen LogP contribution is -2.40. The van der Waals surface area contributed by atoms with Gasteiger partial charge < -0.3 is 9.64 Å². The van der Waals surface area contributed by atoms with E-state index in [0.29, 0.717) is 31.5 Å². The number of carbonyl (C=O) groups excluding carboxylic acids is 2. The fourth-order valence-corrected chi connectivity index (χ4v) is 2.38. The average molecular weight is 271 g/mol. The molecule has 2 rings (SSSR count). The van der Waals surface area contributed by atoms with E-state index in [9.17, 15) is 9.59 Å². The molecule has 0 spiro atoms. The van der Waals surface area contributed by atoms with Crippen molar-refractivity contribution in [3.05, 3.63) is 35.4 Å². The molecule has 0 saturated carbocycles. The van der Waals surface area contributed by atoms with Crippen molar-refractivity contribution in [1.29, 1.82) is 0 Å². The standard InChI is InChI=1S/C16H17NO3/c1-3-12-4-6-13(7-5-12)15(18)17-10-8-14(9-11-17)16(19)20-2/h1,4-7,14H,8-11H2,2H3. The molecule has 1 aliphatic heterocycles. The van der Waals surface area contributed by atoms with Crippen molar-refractivity contribution in [3.63, 3.8) is 0 Å².